The number of rotatable bonds is 6. The molecule has 0 unspecified atom stereocenters. The summed E-state index contributed by atoms with van der Waals surface area (Å²) >= 11 is 0. The third-order valence-electron chi connectivity index (χ3n) is 6.39. The minimum absolute atomic E-state index is 0.0161. The topological polar surface area (TPSA) is 77.9 Å². The molecule has 32 heavy (non-hydrogen) atoms. The molecule has 6 heteroatoms. The highest BCUT2D eigenvalue weighted by Crippen LogP contribution is 2.37. The molecule has 0 spiro atoms. The number of carbonyl (C=O) groups excluding carboxylic acids is 3. The lowest BCUT2D eigenvalue weighted by Gasteiger charge is -2.35. The molecule has 168 valence electrons. The number of nitrogens with zero attached hydrogens (tertiary/aromatic N) is 2. The molecule has 2 aromatic rings. The highest BCUT2D eigenvalue weighted by Gasteiger charge is 2.50. The number of hydrogen-bond acceptors (Lipinski definition) is 4. The van der Waals surface area contributed by atoms with Gasteiger partial charge >= 0.3 is 0 Å². The van der Waals surface area contributed by atoms with E-state index in [9.17, 15) is 19.5 Å². The van der Waals surface area contributed by atoms with Gasteiger partial charge in [-0.25, -0.2) is 0 Å². The predicted molar refractivity (Wildman–Crippen MR) is 122 cm³/mol. The Balaban J connectivity index is 1.38. The second-order valence-corrected chi connectivity index (χ2v) is 9.19. The smallest absolute Gasteiger partial charge is 0.254 e. The lowest BCUT2D eigenvalue weighted by Crippen LogP contribution is -2.53. The summed E-state index contributed by atoms with van der Waals surface area (Å²) in [4.78, 5) is 40.7. The Morgan fingerprint density at radius 3 is 2.12 bits per heavy atom. The van der Waals surface area contributed by atoms with Crippen molar-refractivity contribution in [3.63, 3.8) is 0 Å². The number of amides is 2. The molecule has 1 aliphatic carbocycles. The van der Waals surface area contributed by atoms with Crippen molar-refractivity contribution >= 4 is 17.6 Å². The van der Waals surface area contributed by atoms with Crippen LogP contribution < -0.4 is 0 Å². The van der Waals surface area contributed by atoms with E-state index in [1.54, 1.807) is 9.80 Å². The second-order valence-electron chi connectivity index (χ2n) is 9.19. The number of hydrogen-bond donors (Lipinski definition) is 1. The first kappa shape index (κ1) is 22.2. The third-order valence-corrected chi connectivity index (χ3v) is 6.39. The van der Waals surface area contributed by atoms with Crippen LogP contribution in [-0.4, -0.2) is 64.3 Å². The molecule has 2 amide bonds. The Labute approximate surface area is 188 Å². The maximum atomic E-state index is 12.9. The van der Waals surface area contributed by atoms with E-state index in [1.807, 2.05) is 62.4 Å². The Kier molecular flexibility index (Phi) is 6.15. The first-order valence-corrected chi connectivity index (χ1v) is 11.3. The summed E-state index contributed by atoms with van der Waals surface area (Å²) < 4.78 is 0. The van der Waals surface area contributed by atoms with E-state index in [1.165, 1.54) is 0 Å². The average Bonchev–Trinajstić information content (AvgIpc) is 3.57. The van der Waals surface area contributed by atoms with E-state index in [0.717, 1.165) is 16.7 Å². The van der Waals surface area contributed by atoms with Crippen LogP contribution in [0.3, 0.4) is 0 Å². The van der Waals surface area contributed by atoms with Gasteiger partial charge in [0.05, 0.1) is 0 Å². The fourth-order valence-electron chi connectivity index (χ4n) is 3.99. The quantitative estimate of drug-likeness (QED) is 0.758. The summed E-state index contributed by atoms with van der Waals surface area (Å²) in [7, 11) is 0. The molecule has 0 aromatic heterocycles. The number of ketones is 1. The van der Waals surface area contributed by atoms with Gasteiger partial charge in [-0.2, -0.15) is 0 Å². The van der Waals surface area contributed by atoms with Gasteiger partial charge in [0.15, 0.2) is 0 Å². The maximum Gasteiger partial charge on any atom is 0.254 e. The van der Waals surface area contributed by atoms with Crippen LogP contribution in [0, 0.1) is 5.92 Å². The van der Waals surface area contributed by atoms with Gasteiger partial charge in [0.1, 0.15) is 11.4 Å². The minimum atomic E-state index is -1.15. The summed E-state index contributed by atoms with van der Waals surface area (Å²) in [6, 6.07) is 15.5. The maximum absolute atomic E-state index is 12.9. The van der Waals surface area contributed by atoms with Crippen LogP contribution in [0.15, 0.2) is 48.5 Å². The molecule has 1 N–H and O–H groups in total. The van der Waals surface area contributed by atoms with Crippen LogP contribution in [0.4, 0.5) is 0 Å². The highest BCUT2D eigenvalue weighted by molar-refractivity contribution is 5.95. The zero-order chi connectivity index (χ0) is 22.9. The van der Waals surface area contributed by atoms with Crippen molar-refractivity contribution in [3.05, 3.63) is 59.7 Å². The standard InChI is InChI=1S/C26H30N2O4/c1-18(2)23(29)17-19-4-3-5-22(16-19)20-6-8-21(9-7-20)24(30)27-12-14-28(15-13-27)25(31)26(32)10-11-26/h3-9,16,18,32H,10-15,17H2,1-2H3. The molecule has 2 fully saturated rings. The first-order chi connectivity index (χ1) is 15.3. The molecule has 1 heterocycles. The van der Waals surface area contributed by atoms with Crippen molar-refractivity contribution in [1.29, 1.82) is 0 Å². The molecule has 1 saturated heterocycles. The van der Waals surface area contributed by atoms with E-state index >= 15 is 0 Å². The number of carbonyl (C=O) groups is 3. The van der Waals surface area contributed by atoms with Gasteiger partial charge in [0, 0.05) is 44.1 Å². The monoisotopic (exact) mass is 434 g/mol. The van der Waals surface area contributed by atoms with Crippen LogP contribution in [-0.2, 0) is 16.0 Å². The Morgan fingerprint density at radius 2 is 1.53 bits per heavy atom. The van der Waals surface area contributed by atoms with Gasteiger partial charge < -0.3 is 14.9 Å². The van der Waals surface area contributed by atoms with E-state index in [-0.39, 0.29) is 23.5 Å². The lowest BCUT2D eigenvalue weighted by atomic mass is 9.97. The fraction of sp³-hybridized carbons (Fsp3) is 0.423. The molecule has 4 rings (SSSR count). The van der Waals surface area contributed by atoms with Crippen molar-refractivity contribution in [3.8, 4) is 11.1 Å². The minimum Gasteiger partial charge on any atom is -0.380 e. The zero-order valence-electron chi connectivity index (χ0n) is 18.7. The molecular formula is C26H30N2O4. The van der Waals surface area contributed by atoms with Crippen LogP contribution in [0.1, 0.15) is 42.6 Å². The number of benzene rings is 2. The average molecular weight is 435 g/mol. The summed E-state index contributed by atoms with van der Waals surface area (Å²) in [5.41, 5.74) is 2.46. The van der Waals surface area contributed by atoms with E-state index in [2.05, 4.69) is 0 Å². The number of Topliss-reactive ketones (excluding diaryl/α,β-unsaturated/α-hetero) is 1. The van der Waals surface area contributed by atoms with Crippen LogP contribution in [0.25, 0.3) is 11.1 Å². The summed E-state index contributed by atoms with van der Waals surface area (Å²) in [6.45, 7) is 5.66. The molecule has 2 aliphatic rings. The van der Waals surface area contributed by atoms with Gasteiger partial charge in [-0.3, -0.25) is 14.4 Å². The highest BCUT2D eigenvalue weighted by atomic mass is 16.3. The second kappa shape index (κ2) is 8.87. The summed E-state index contributed by atoms with van der Waals surface area (Å²) in [5, 5.41) is 10.0. The molecule has 1 aliphatic heterocycles. The lowest BCUT2D eigenvalue weighted by molar-refractivity contribution is -0.143. The molecule has 1 saturated carbocycles. The third kappa shape index (κ3) is 4.75. The van der Waals surface area contributed by atoms with E-state index in [4.69, 9.17) is 0 Å². The Bertz CT molecular complexity index is 1020. The fourth-order valence-corrected chi connectivity index (χ4v) is 3.99. The normalized spacial score (nSPS) is 17.4. The SMILES string of the molecule is CC(C)C(=O)Cc1cccc(-c2ccc(C(=O)N3CCN(C(=O)C4(O)CC4)CC3)cc2)c1. The predicted octanol–water partition coefficient (Wildman–Crippen LogP) is 2.93. The largest absolute Gasteiger partial charge is 0.380 e. The van der Waals surface area contributed by atoms with Crippen molar-refractivity contribution in [2.45, 2.75) is 38.7 Å². The van der Waals surface area contributed by atoms with Crippen molar-refractivity contribution in [2.24, 2.45) is 5.92 Å². The molecule has 0 atom stereocenters. The molecule has 2 aromatic carbocycles. The van der Waals surface area contributed by atoms with E-state index < -0.39 is 5.60 Å². The summed E-state index contributed by atoms with van der Waals surface area (Å²) in [5.74, 6) is -0.0186. The number of aliphatic hydroxyl groups is 1. The van der Waals surface area contributed by atoms with Gasteiger partial charge in [0.2, 0.25) is 0 Å². The molecule has 0 bridgehead atoms. The van der Waals surface area contributed by atoms with Crippen molar-refractivity contribution < 1.29 is 19.5 Å². The van der Waals surface area contributed by atoms with Crippen LogP contribution >= 0.6 is 0 Å². The first-order valence-electron chi connectivity index (χ1n) is 11.3. The molecule has 0 radical (unpaired) electrons. The number of piperazine rings is 1. The Morgan fingerprint density at radius 1 is 0.906 bits per heavy atom. The van der Waals surface area contributed by atoms with Gasteiger partial charge in [0.25, 0.3) is 11.8 Å². The van der Waals surface area contributed by atoms with Gasteiger partial charge in [-0.15, -0.1) is 0 Å². The zero-order valence-corrected chi connectivity index (χ0v) is 18.7. The van der Waals surface area contributed by atoms with Gasteiger partial charge in [-0.05, 0) is 41.7 Å². The van der Waals surface area contributed by atoms with Crippen LogP contribution in [0.2, 0.25) is 0 Å². The van der Waals surface area contributed by atoms with Crippen molar-refractivity contribution in [1.82, 2.24) is 9.80 Å². The van der Waals surface area contributed by atoms with Crippen LogP contribution in [0.5, 0.6) is 0 Å². The Hall–Kier alpha value is -2.99. The van der Waals surface area contributed by atoms with E-state index in [0.29, 0.717) is 51.0 Å². The van der Waals surface area contributed by atoms with Gasteiger partial charge in [-0.1, -0.05) is 50.2 Å². The molecule has 6 nitrogen and oxygen atoms in total. The molecular weight excluding hydrogens is 404 g/mol. The summed E-state index contributed by atoms with van der Waals surface area (Å²) in [6.07, 6.45) is 1.50. The van der Waals surface area contributed by atoms with Crippen molar-refractivity contribution in [2.75, 3.05) is 26.2 Å².